The van der Waals surface area contributed by atoms with Gasteiger partial charge in [-0.3, -0.25) is 0 Å². The van der Waals surface area contributed by atoms with Crippen molar-refractivity contribution in [2.75, 3.05) is 11.4 Å². The van der Waals surface area contributed by atoms with Crippen molar-refractivity contribution >= 4 is 21.7 Å². The van der Waals surface area contributed by atoms with Gasteiger partial charge in [0.15, 0.2) is 0 Å². The number of aromatic carboxylic acids is 1. The molecule has 2 heterocycles. The van der Waals surface area contributed by atoms with Crippen LogP contribution in [0.25, 0.3) is 11.1 Å². The number of carboxylic acids is 1. The number of aryl methyl sites for hydroxylation is 1. The highest BCUT2D eigenvalue weighted by Crippen LogP contribution is 2.38. The fourth-order valence-electron chi connectivity index (χ4n) is 3.64. The molecule has 1 unspecified atom stereocenters. The first-order chi connectivity index (χ1) is 11.9. The van der Waals surface area contributed by atoms with Gasteiger partial charge in [-0.15, -0.1) is 0 Å². The van der Waals surface area contributed by atoms with Crippen LogP contribution in [0.5, 0.6) is 0 Å². The number of benzene rings is 2. The Bertz CT molecular complexity index is 985. The van der Waals surface area contributed by atoms with E-state index in [2.05, 4.69) is 9.62 Å². The lowest BCUT2D eigenvalue weighted by molar-refractivity contribution is 0.0697. The van der Waals surface area contributed by atoms with Crippen molar-refractivity contribution < 1.29 is 18.3 Å². The number of carbonyl (C=O) groups is 1. The van der Waals surface area contributed by atoms with Gasteiger partial charge < -0.3 is 10.0 Å². The summed E-state index contributed by atoms with van der Waals surface area (Å²) in [6, 6.07) is 10.2. The third-order valence-corrected chi connectivity index (χ3v) is 6.31. The average Bonchev–Trinajstić information content (AvgIpc) is 3.01. The molecule has 2 N–H and O–H groups in total. The van der Waals surface area contributed by atoms with Crippen LogP contribution in [0.4, 0.5) is 5.69 Å². The Kier molecular flexibility index (Phi) is 3.59. The molecule has 0 bridgehead atoms. The number of nitrogens with one attached hydrogen (secondary N) is 1. The molecule has 1 atom stereocenters. The van der Waals surface area contributed by atoms with Gasteiger partial charge in [0.1, 0.15) is 4.90 Å². The van der Waals surface area contributed by atoms with Crippen molar-refractivity contribution in [2.45, 2.75) is 30.8 Å². The van der Waals surface area contributed by atoms with Gasteiger partial charge in [-0.2, -0.15) is 4.72 Å². The van der Waals surface area contributed by atoms with E-state index in [9.17, 15) is 18.3 Å². The Morgan fingerprint density at radius 3 is 2.80 bits per heavy atom. The van der Waals surface area contributed by atoms with Crippen LogP contribution in [-0.2, 0) is 10.0 Å². The number of nitrogens with zero attached hydrogens (tertiary/aromatic N) is 1. The van der Waals surface area contributed by atoms with E-state index in [-0.39, 0.29) is 16.6 Å². The van der Waals surface area contributed by atoms with E-state index in [1.165, 1.54) is 0 Å². The van der Waals surface area contributed by atoms with Crippen molar-refractivity contribution in [1.29, 1.82) is 0 Å². The van der Waals surface area contributed by atoms with Gasteiger partial charge in [-0.1, -0.05) is 23.8 Å². The number of rotatable bonds is 2. The molecule has 7 heteroatoms. The molecule has 6 nitrogen and oxygen atoms in total. The second-order valence-corrected chi connectivity index (χ2v) is 8.19. The largest absolute Gasteiger partial charge is 0.478 e. The number of anilines is 1. The van der Waals surface area contributed by atoms with E-state index < -0.39 is 16.0 Å². The Balaban J connectivity index is 1.91. The minimum atomic E-state index is -3.61. The van der Waals surface area contributed by atoms with Gasteiger partial charge in [0, 0.05) is 6.54 Å². The molecule has 130 valence electrons. The smallest absolute Gasteiger partial charge is 0.336 e. The van der Waals surface area contributed by atoms with Crippen LogP contribution < -0.4 is 9.62 Å². The first kappa shape index (κ1) is 16.1. The van der Waals surface area contributed by atoms with Crippen molar-refractivity contribution in [1.82, 2.24) is 4.72 Å². The highest BCUT2D eigenvalue weighted by molar-refractivity contribution is 7.89. The molecular weight excluding hydrogens is 340 g/mol. The predicted octanol–water partition coefficient (Wildman–Crippen LogP) is 2.58. The van der Waals surface area contributed by atoms with Crippen molar-refractivity contribution in [3.05, 3.63) is 47.5 Å². The number of hydrogen-bond donors (Lipinski definition) is 2. The zero-order valence-corrected chi connectivity index (χ0v) is 14.5. The van der Waals surface area contributed by atoms with E-state index >= 15 is 0 Å². The van der Waals surface area contributed by atoms with E-state index in [4.69, 9.17) is 0 Å². The van der Waals surface area contributed by atoms with Crippen molar-refractivity contribution in [3.63, 3.8) is 0 Å². The normalized spacial score (nSPS) is 20.8. The summed E-state index contributed by atoms with van der Waals surface area (Å²) in [5.41, 5.74) is 2.87. The Morgan fingerprint density at radius 1 is 1.24 bits per heavy atom. The monoisotopic (exact) mass is 358 g/mol. The molecule has 25 heavy (non-hydrogen) atoms. The first-order valence-corrected chi connectivity index (χ1v) is 9.62. The molecule has 0 aliphatic carbocycles. The first-order valence-electron chi connectivity index (χ1n) is 8.14. The molecule has 2 aromatic rings. The van der Waals surface area contributed by atoms with Crippen LogP contribution in [0, 0.1) is 6.92 Å². The Morgan fingerprint density at radius 2 is 2.04 bits per heavy atom. The molecule has 0 spiro atoms. The number of carboxylic acid groups (broad SMARTS) is 1. The summed E-state index contributed by atoms with van der Waals surface area (Å²) in [7, 11) is -3.61. The van der Waals surface area contributed by atoms with Crippen LogP contribution >= 0.6 is 0 Å². The van der Waals surface area contributed by atoms with E-state index in [0.717, 1.165) is 24.9 Å². The molecule has 1 saturated heterocycles. The molecule has 2 aliphatic rings. The third-order valence-electron chi connectivity index (χ3n) is 4.82. The highest BCUT2D eigenvalue weighted by Gasteiger charge is 2.37. The maximum Gasteiger partial charge on any atom is 0.336 e. The topological polar surface area (TPSA) is 86.7 Å². The van der Waals surface area contributed by atoms with E-state index in [1.54, 1.807) is 36.4 Å². The summed E-state index contributed by atoms with van der Waals surface area (Å²) in [5, 5.41) is 9.44. The predicted molar refractivity (Wildman–Crippen MR) is 94.3 cm³/mol. The number of hydrogen-bond acceptors (Lipinski definition) is 4. The SMILES string of the molecule is Cc1ccc(C(=O)O)c(-c2ccc3c(c2)S(=O)(=O)NC2CCCN32)c1. The summed E-state index contributed by atoms with van der Waals surface area (Å²) >= 11 is 0. The van der Waals surface area contributed by atoms with Crippen LogP contribution in [0.15, 0.2) is 41.3 Å². The zero-order chi connectivity index (χ0) is 17.8. The zero-order valence-electron chi connectivity index (χ0n) is 13.7. The third kappa shape index (κ3) is 2.60. The fraction of sp³-hybridized carbons (Fsp3) is 0.278. The summed E-state index contributed by atoms with van der Waals surface area (Å²) < 4.78 is 28.0. The van der Waals surface area contributed by atoms with Gasteiger partial charge in [0.2, 0.25) is 10.0 Å². The van der Waals surface area contributed by atoms with Crippen molar-refractivity contribution in [2.24, 2.45) is 0 Å². The average molecular weight is 358 g/mol. The van der Waals surface area contributed by atoms with Gasteiger partial charge in [-0.25, -0.2) is 13.2 Å². The fourth-order valence-corrected chi connectivity index (χ4v) is 5.11. The lowest BCUT2D eigenvalue weighted by Crippen LogP contribution is -2.48. The van der Waals surface area contributed by atoms with Gasteiger partial charge in [0.05, 0.1) is 17.4 Å². The second-order valence-electron chi connectivity index (χ2n) is 6.51. The maximum absolute atomic E-state index is 12.6. The molecule has 1 fully saturated rings. The molecule has 2 aliphatic heterocycles. The van der Waals surface area contributed by atoms with E-state index in [0.29, 0.717) is 16.8 Å². The highest BCUT2D eigenvalue weighted by atomic mass is 32.2. The van der Waals surface area contributed by atoms with Crippen LogP contribution in [0.2, 0.25) is 0 Å². The molecule has 0 radical (unpaired) electrons. The summed E-state index contributed by atoms with van der Waals surface area (Å²) in [6.07, 6.45) is 1.55. The van der Waals surface area contributed by atoms with Crippen molar-refractivity contribution in [3.8, 4) is 11.1 Å². The van der Waals surface area contributed by atoms with Gasteiger partial charge in [-0.05, 0) is 49.1 Å². The Labute approximate surface area is 146 Å². The standard InChI is InChI=1S/C18H18N2O4S/c1-11-4-6-13(18(21)22)14(9-11)12-5-7-15-16(10-12)25(23,24)19-17-3-2-8-20(15)17/h4-7,9-10,17,19H,2-3,8H2,1H3,(H,21,22). The molecule has 2 aromatic carbocycles. The molecule has 0 aromatic heterocycles. The van der Waals surface area contributed by atoms with Crippen LogP contribution in [-0.4, -0.2) is 32.2 Å². The molecule has 0 saturated carbocycles. The quantitative estimate of drug-likeness (QED) is 0.862. The van der Waals surface area contributed by atoms with Crippen LogP contribution in [0.1, 0.15) is 28.8 Å². The molecular formula is C18H18N2O4S. The minimum absolute atomic E-state index is 0.158. The minimum Gasteiger partial charge on any atom is -0.478 e. The number of sulfonamides is 1. The summed E-state index contributed by atoms with van der Waals surface area (Å²) in [5.74, 6) is -1.03. The Hall–Kier alpha value is -2.38. The maximum atomic E-state index is 12.6. The lowest BCUT2D eigenvalue weighted by Gasteiger charge is -2.34. The number of fused-ring (bicyclic) bond motifs is 3. The second kappa shape index (κ2) is 5.57. The van der Waals surface area contributed by atoms with E-state index in [1.807, 2.05) is 6.92 Å². The summed E-state index contributed by atoms with van der Waals surface area (Å²) in [6.45, 7) is 2.69. The van der Waals surface area contributed by atoms with Crippen LogP contribution in [0.3, 0.4) is 0 Å². The lowest BCUT2D eigenvalue weighted by atomic mass is 9.97. The molecule has 0 amide bonds. The van der Waals surface area contributed by atoms with Gasteiger partial charge in [0.25, 0.3) is 0 Å². The molecule has 4 rings (SSSR count). The van der Waals surface area contributed by atoms with Gasteiger partial charge >= 0.3 is 5.97 Å². The summed E-state index contributed by atoms with van der Waals surface area (Å²) in [4.78, 5) is 13.8.